The Morgan fingerprint density at radius 1 is 1.19 bits per heavy atom. The van der Waals surface area contributed by atoms with Crippen LogP contribution in [0.15, 0.2) is 18.2 Å². The minimum absolute atomic E-state index is 0.0268. The molecule has 1 heterocycles. The number of carboxylic acids is 1. The van der Waals surface area contributed by atoms with E-state index in [1.165, 1.54) is 0 Å². The molecule has 0 spiro atoms. The number of hydrogen-bond acceptors (Lipinski definition) is 2. The van der Waals surface area contributed by atoms with Gasteiger partial charge in [-0.3, -0.25) is 9.59 Å². The summed E-state index contributed by atoms with van der Waals surface area (Å²) in [5.74, 6) is -0.684. The van der Waals surface area contributed by atoms with Gasteiger partial charge in [-0.1, -0.05) is 31.4 Å². The van der Waals surface area contributed by atoms with Gasteiger partial charge in [0.25, 0.3) is 0 Å². The molecule has 2 aliphatic rings. The van der Waals surface area contributed by atoms with Crippen LogP contribution in [0.1, 0.15) is 50.2 Å². The molecule has 0 saturated heterocycles. The molecule has 1 saturated carbocycles. The third kappa shape index (κ3) is 2.13. The normalized spacial score (nSPS) is 20.1. The largest absolute Gasteiger partial charge is 0.481 e. The first-order valence-electron chi connectivity index (χ1n) is 7.70. The van der Waals surface area contributed by atoms with Gasteiger partial charge in [0.05, 0.1) is 5.41 Å². The maximum Gasteiger partial charge on any atom is 0.314 e. The second kappa shape index (κ2) is 5.17. The van der Waals surface area contributed by atoms with Crippen molar-refractivity contribution in [2.75, 3.05) is 11.4 Å². The van der Waals surface area contributed by atoms with Crippen molar-refractivity contribution in [2.45, 2.75) is 50.9 Å². The van der Waals surface area contributed by atoms with Gasteiger partial charge >= 0.3 is 5.97 Å². The number of carbonyl (C=O) groups is 2. The van der Waals surface area contributed by atoms with Crippen molar-refractivity contribution >= 4 is 17.6 Å². The Kier molecular flexibility index (Phi) is 3.47. The minimum Gasteiger partial charge on any atom is -0.481 e. The second-order valence-electron chi connectivity index (χ2n) is 6.17. The van der Waals surface area contributed by atoms with E-state index >= 15 is 0 Å². The summed E-state index contributed by atoms with van der Waals surface area (Å²) in [5, 5.41) is 9.87. The predicted molar refractivity (Wildman–Crippen MR) is 80.6 cm³/mol. The molecule has 0 bridgehead atoms. The van der Waals surface area contributed by atoms with Crippen LogP contribution in [0.4, 0.5) is 5.69 Å². The van der Waals surface area contributed by atoms with Crippen LogP contribution in [0.5, 0.6) is 0 Å². The molecule has 0 atom stereocenters. The molecule has 21 heavy (non-hydrogen) atoms. The molecule has 1 N–H and O–H groups in total. The van der Waals surface area contributed by atoms with Crippen LogP contribution in [0.3, 0.4) is 0 Å². The lowest BCUT2D eigenvalue weighted by Gasteiger charge is -2.35. The Morgan fingerprint density at radius 3 is 2.52 bits per heavy atom. The summed E-state index contributed by atoms with van der Waals surface area (Å²) in [4.78, 5) is 25.5. The number of fused-ring (bicyclic) bond motifs is 1. The van der Waals surface area contributed by atoms with E-state index in [9.17, 15) is 14.7 Å². The molecule has 1 aromatic rings. The molecule has 0 aromatic heterocycles. The summed E-state index contributed by atoms with van der Waals surface area (Å²) < 4.78 is 0. The zero-order valence-corrected chi connectivity index (χ0v) is 12.4. The summed E-state index contributed by atoms with van der Waals surface area (Å²) in [6.45, 7) is 2.23. The van der Waals surface area contributed by atoms with Crippen molar-refractivity contribution in [3.8, 4) is 0 Å². The third-order valence-corrected chi connectivity index (χ3v) is 5.04. The quantitative estimate of drug-likeness (QED) is 0.910. The van der Waals surface area contributed by atoms with E-state index in [1.54, 1.807) is 11.8 Å². The van der Waals surface area contributed by atoms with E-state index in [0.717, 1.165) is 42.5 Å². The number of anilines is 1. The standard InChI is InChI=1S/C17H21NO3/c1-12(19)18-11-8-13-14(6-5-7-15(13)18)17(16(20)21)9-3-2-4-10-17/h5-7H,2-4,8-11H2,1H3,(H,20,21). The number of nitrogens with zero attached hydrogens (tertiary/aromatic N) is 1. The molecule has 3 rings (SSSR count). The smallest absolute Gasteiger partial charge is 0.314 e. The Hall–Kier alpha value is -1.84. The third-order valence-electron chi connectivity index (χ3n) is 5.04. The SMILES string of the molecule is CC(=O)N1CCc2c1cccc2C1(C(=O)O)CCCCC1. The zero-order valence-electron chi connectivity index (χ0n) is 12.4. The van der Waals surface area contributed by atoms with Crippen LogP contribution in [-0.2, 0) is 21.4 Å². The number of carbonyl (C=O) groups excluding carboxylic acids is 1. The van der Waals surface area contributed by atoms with E-state index < -0.39 is 11.4 Å². The number of amides is 1. The van der Waals surface area contributed by atoms with E-state index in [-0.39, 0.29) is 5.91 Å². The molecule has 1 aliphatic carbocycles. The number of aliphatic carboxylic acids is 1. The van der Waals surface area contributed by atoms with Gasteiger partial charge in [0, 0.05) is 19.2 Å². The van der Waals surface area contributed by atoms with Crippen LogP contribution >= 0.6 is 0 Å². The summed E-state index contributed by atoms with van der Waals surface area (Å²) in [6, 6.07) is 5.79. The van der Waals surface area contributed by atoms with Crippen LogP contribution < -0.4 is 4.90 Å². The molecule has 1 aliphatic heterocycles. The first-order chi connectivity index (χ1) is 10.1. The Morgan fingerprint density at radius 2 is 1.90 bits per heavy atom. The molecule has 4 heteroatoms. The topological polar surface area (TPSA) is 57.6 Å². The molecule has 0 unspecified atom stereocenters. The van der Waals surface area contributed by atoms with Gasteiger partial charge < -0.3 is 10.0 Å². The fraction of sp³-hybridized carbons (Fsp3) is 0.529. The van der Waals surface area contributed by atoms with Crippen molar-refractivity contribution in [1.82, 2.24) is 0 Å². The lowest BCUT2D eigenvalue weighted by molar-refractivity contribution is -0.145. The van der Waals surface area contributed by atoms with Gasteiger partial charge in [-0.15, -0.1) is 0 Å². The number of carboxylic acid groups (broad SMARTS) is 1. The average Bonchev–Trinajstić information content (AvgIpc) is 2.91. The van der Waals surface area contributed by atoms with E-state index in [4.69, 9.17) is 0 Å². The van der Waals surface area contributed by atoms with Crippen molar-refractivity contribution < 1.29 is 14.7 Å². The van der Waals surface area contributed by atoms with Crippen molar-refractivity contribution in [2.24, 2.45) is 0 Å². The van der Waals surface area contributed by atoms with Gasteiger partial charge in [-0.25, -0.2) is 0 Å². The van der Waals surface area contributed by atoms with Crippen molar-refractivity contribution in [3.63, 3.8) is 0 Å². The zero-order chi connectivity index (χ0) is 15.0. The highest BCUT2D eigenvalue weighted by molar-refractivity contribution is 5.95. The van der Waals surface area contributed by atoms with Crippen LogP contribution in [0, 0.1) is 0 Å². The van der Waals surface area contributed by atoms with E-state index in [1.807, 2.05) is 18.2 Å². The summed E-state index contributed by atoms with van der Waals surface area (Å²) >= 11 is 0. The summed E-state index contributed by atoms with van der Waals surface area (Å²) in [6.07, 6.45) is 5.22. The first-order valence-corrected chi connectivity index (χ1v) is 7.70. The molecule has 1 aromatic carbocycles. The van der Waals surface area contributed by atoms with Crippen molar-refractivity contribution in [1.29, 1.82) is 0 Å². The van der Waals surface area contributed by atoms with Gasteiger partial charge in [0.15, 0.2) is 0 Å². The minimum atomic E-state index is -0.754. The summed E-state index contributed by atoms with van der Waals surface area (Å²) in [5.41, 5.74) is 2.16. The molecule has 4 nitrogen and oxygen atoms in total. The molecule has 1 fully saturated rings. The van der Waals surface area contributed by atoms with Gasteiger partial charge in [0.1, 0.15) is 0 Å². The van der Waals surface area contributed by atoms with Gasteiger partial charge in [-0.2, -0.15) is 0 Å². The van der Waals surface area contributed by atoms with Crippen molar-refractivity contribution in [3.05, 3.63) is 29.3 Å². The molecule has 1 amide bonds. The van der Waals surface area contributed by atoms with Crippen LogP contribution in [-0.4, -0.2) is 23.5 Å². The Balaban J connectivity index is 2.11. The second-order valence-corrected chi connectivity index (χ2v) is 6.17. The van der Waals surface area contributed by atoms with E-state index in [0.29, 0.717) is 19.4 Å². The summed E-state index contributed by atoms with van der Waals surface area (Å²) in [7, 11) is 0. The Bertz CT molecular complexity index is 588. The van der Waals surface area contributed by atoms with E-state index in [2.05, 4.69) is 0 Å². The number of rotatable bonds is 2. The van der Waals surface area contributed by atoms with Crippen LogP contribution in [0.25, 0.3) is 0 Å². The molecular weight excluding hydrogens is 266 g/mol. The fourth-order valence-electron chi connectivity index (χ4n) is 3.96. The molecule has 112 valence electrons. The highest BCUT2D eigenvalue weighted by Gasteiger charge is 2.44. The fourth-order valence-corrected chi connectivity index (χ4v) is 3.96. The maximum atomic E-state index is 12.0. The predicted octanol–water partition coefficient (Wildman–Crippen LogP) is 2.88. The van der Waals surface area contributed by atoms with Crippen LogP contribution in [0.2, 0.25) is 0 Å². The first kappa shape index (κ1) is 14.1. The van der Waals surface area contributed by atoms with Gasteiger partial charge in [-0.05, 0) is 36.5 Å². The highest BCUT2D eigenvalue weighted by Crippen LogP contribution is 2.44. The monoisotopic (exact) mass is 287 g/mol. The number of benzene rings is 1. The van der Waals surface area contributed by atoms with Gasteiger partial charge in [0.2, 0.25) is 5.91 Å². The lowest BCUT2D eigenvalue weighted by atomic mass is 9.68. The highest BCUT2D eigenvalue weighted by atomic mass is 16.4. The molecular formula is C17H21NO3. The maximum absolute atomic E-state index is 12.0. The lowest BCUT2D eigenvalue weighted by Crippen LogP contribution is -2.38. The molecule has 0 radical (unpaired) electrons. The average molecular weight is 287 g/mol. The Labute approximate surface area is 124 Å². The number of hydrogen-bond donors (Lipinski definition) is 1.